The predicted octanol–water partition coefficient (Wildman–Crippen LogP) is 1.91. The Morgan fingerprint density at radius 2 is 1.95 bits per heavy atom. The van der Waals surface area contributed by atoms with Gasteiger partial charge in [-0.15, -0.1) is 0 Å². The van der Waals surface area contributed by atoms with Gasteiger partial charge in [-0.05, 0) is 38.5 Å². The molecule has 2 rings (SSSR count). The Bertz CT molecular complexity index is 327. The summed E-state index contributed by atoms with van der Waals surface area (Å²) >= 11 is 0. The van der Waals surface area contributed by atoms with Gasteiger partial charge in [0.1, 0.15) is 6.54 Å². The van der Waals surface area contributed by atoms with Crippen molar-refractivity contribution in [2.24, 2.45) is 5.92 Å². The Morgan fingerprint density at radius 1 is 1.21 bits per heavy atom. The molecule has 19 heavy (non-hydrogen) atoms. The minimum Gasteiger partial charge on any atom is -0.465 e. The minimum absolute atomic E-state index is 0.0272. The van der Waals surface area contributed by atoms with Crippen molar-refractivity contribution in [3.05, 3.63) is 0 Å². The van der Waals surface area contributed by atoms with E-state index in [1.165, 1.54) is 25.7 Å². The van der Waals surface area contributed by atoms with Crippen molar-refractivity contribution in [1.29, 1.82) is 0 Å². The van der Waals surface area contributed by atoms with E-state index < -0.39 is 0 Å². The molecule has 108 valence electrons. The molecular weight excluding hydrogens is 244 g/mol. The van der Waals surface area contributed by atoms with Gasteiger partial charge in [-0.3, -0.25) is 4.79 Å². The fraction of sp³-hybridized carbons (Fsp3) is 0.857. The number of nitrogens with zero attached hydrogens (tertiary/aromatic N) is 1. The van der Waals surface area contributed by atoms with Gasteiger partial charge in [0.25, 0.3) is 0 Å². The summed E-state index contributed by atoms with van der Waals surface area (Å²) in [5.74, 6) is 0.295. The molecule has 1 atom stereocenters. The maximum absolute atomic E-state index is 12.1. The average Bonchev–Trinajstić information content (AvgIpc) is 3.05. The summed E-state index contributed by atoms with van der Waals surface area (Å²) in [5.41, 5.74) is 0. The van der Waals surface area contributed by atoms with Gasteiger partial charge in [-0.1, -0.05) is 12.8 Å². The van der Waals surface area contributed by atoms with Crippen LogP contribution in [0.4, 0.5) is 4.79 Å². The normalized spacial score (nSPS) is 23.6. The van der Waals surface area contributed by atoms with Crippen LogP contribution in [0, 0.1) is 5.92 Å². The Labute approximate surface area is 114 Å². The van der Waals surface area contributed by atoms with Crippen molar-refractivity contribution >= 4 is 12.0 Å². The van der Waals surface area contributed by atoms with Crippen LogP contribution < -0.4 is 5.32 Å². The highest BCUT2D eigenvalue weighted by Gasteiger charge is 2.35. The lowest BCUT2D eigenvalue weighted by Crippen LogP contribution is -2.46. The molecule has 5 heteroatoms. The number of esters is 1. The third-order valence-corrected chi connectivity index (χ3v) is 4.19. The second-order valence-electron chi connectivity index (χ2n) is 5.41. The molecule has 2 aliphatic rings. The molecule has 1 N–H and O–H groups in total. The number of hydrogen-bond donors (Lipinski definition) is 1. The van der Waals surface area contributed by atoms with E-state index in [1.54, 1.807) is 6.92 Å². The summed E-state index contributed by atoms with van der Waals surface area (Å²) in [7, 11) is 0. The highest BCUT2D eigenvalue weighted by atomic mass is 16.5. The lowest BCUT2D eigenvalue weighted by atomic mass is 9.96. The zero-order chi connectivity index (χ0) is 13.7. The first-order chi connectivity index (χ1) is 9.22. The second-order valence-corrected chi connectivity index (χ2v) is 5.41. The summed E-state index contributed by atoms with van der Waals surface area (Å²) in [6.07, 6.45) is 7.25. The first kappa shape index (κ1) is 14.2. The first-order valence-electron chi connectivity index (χ1n) is 7.42. The van der Waals surface area contributed by atoms with Crippen LogP contribution in [0.5, 0.6) is 0 Å². The van der Waals surface area contributed by atoms with Crippen LogP contribution in [0.15, 0.2) is 0 Å². The smallest absolute Gasteiger partial charge is 0.325 e. The van der Waals surface area contributed by atoms with E-state index in [1.807, 2.05) is 4.90 Å². The molecule has 0 bridgehead atoms. The largest absolute Gasteiger partial charge is 0.465 e. The number of carbonyl (C=O) groups excluding carboxylic acids is 2. The molecule has 1 aliphatic heterocycles. The average molecular weight is 268 g/mol. The zero-order valence-electron chi connectivity index (χ0n) is 11.7. The molecule has 1 saturated heterocycles. The third kappa shape index (κ3) is 3.61. The predicted molar refractivity (Wildman–Crippen MR) is 71.7 cm³/mol. The maximum Gasteiger partial charge on any atom is 0.325 e. The van der Waals surface area contributed by atoms with Crippen LogP contribution in [-0.2, 0) is 9.53 Å². The Kier molecular flexibility index (Phi) is 5.05. The van der Waals surface area contributed by atoms with E-state index in [0.29, 0.717) is 18.6 Å². The van der Waals surface area contributed by atoms with Gasteiger partial charge >= 0.3 is 12.0 Å². The molecule has 1 heterocycles. The van der Waals surface area contributed by atoms with Crippen molar-refractivity contribution in [1.82, 2.24) is 10.2 Å². The van der Waals surface area contributed by atoms with E-state index in [4.69, 9.17) is 4.74 Å². The molecule has 0 spiro atoms. The Morgan fingerprint density at radius 3 is 2.63 bits per heavy atom. The van der Waals surface area contributed by atoms with Gasteiger partial charge in [-0.2, -0.15) is 0 Å². The number of ether oxygens (including phenoxy) is 1. The monoisotopic (exact) mass is 268 g/mol. The number of urea groups is 1. The first-order valence-corrected chi connectivity index (χ1v) is 7.42. The van der Waals surface area contributed by atoms with E-state index in [-0.39, 0.29) is 18.5 Å². The summed E-state index contributed by atoms with van der Waals surface area (Å²) < 4.78 is 4.81. The summed E-state index contributed by atoms with van der Waals surface area (Å²) in [6, 6.07) is 0.271. The molecule has 1 aliphatic carbocycles. The number of carbonyl (C=O) groups is 2. The second kappa shape index (κ2) is 6.78. The van der Waals surface area contributed by atoms with E-state index >= 15 is 0 Å². The Hall–Kier alpha value is -1.26. The number of amides is 2. The molecule has 1 saturated carbocycles. The van der Waals surface area contributed by atoms with Crippen molar-refractivity contribution in [3.63, 3.8) is 0 Å². The van der Waals surface area contributed by atoms with Crippen molar-refractivity contribution in [2.45, 2.75) is 51.5 Å². The quantitative estimate of drug-likeness (QED) is 0.792. The van der Waals surface area contributed by atoms with Gasteiger partial charge < -0.3 is 15.0 Å². The van der Waals surface area contributed by atoms with Gasteiger partial charge in [-0.25, -0.2) is 4.79 Å². The minimum atomic E-state index is -0.368. The zero-order valence-corrected chi connectivity index (χ0v) is 11.7. The fourth-order valence-electron chi connectivity index (χ4n) is 3.34. The molecule has 5 nitrogen and oxygen atoms in total. The van der Waals surface area contributed by atoms with E-state index in [2.05, 4.69) is 5.32 Å². The summed E-state index contributed by atoms with van der Waals surface area (Å²) in [4.78, 5) is 25.3. The van der Waals surface area contributed by atoms with Crippen LogP contribution in [0.3, 0.4) is 0 Å². The molecule has 0 radical (unpaired) electrons. The fourth-order valence-corrected chi connectivity index (χ4v) is 3.34. The van der Waals surface area contributed by atoms with Gasteiger partial charge in [0, 0.05) is 12.6 Å². The Balaban J connectivity index is 1.81. The van der Waals surface area contributed by atoms with E-state index in [0.717, 1.165) is 19.4 Å². The lowest BCUT2D eigenvalue weighted by molar-refractivity contribution is -0.141. The van der Waals surface area contributed by atoms with Crippen molar-refractivity contribution in [3.8, 4) is 0 Å². The number of nitrogens with one attached hydrogen (secondary N) is 1. The van der Waals surface area contributed by atoms with Crippen LogP contribution in [0.25, 0.3) is 0 Å². The van der Waals surface area contributed by atoms with Crippen LogP contribution in [0.1, 0.15) is 45.4 Å². The summed E-state index contributed by atoms with van der Waals surface area (Å²) in [6.45, 7) is 2.90. The number of hydrogen-bond acceptors (Lipinski definition) is 3. The number of rotatable bonds is 4. The van der Waals surface area contributed by atoms with Crippen LogP contribution in [-0.4, -0.2) is 42.6 Å². The SMILES string of the molecule is CCOC(=O)CNC(=O)N1CCCC1C1CCCC1. The topological polar surface area (TPSA) is 58.6 Å². The lowest BCUT2D eigenvalue weighted by Gasteiger charge is -2.29. The molecule has 0 aromatic heterocycles. The number of likely N-dealkylation sites (tertiary alicyclic amines) is 1. The molecule has 2 amide bonds. The third-order valence-electron chi connectivity index (χ3n) is 4.19. The highest BCUT2D eigenvalue weighted by molar-refractivity contribution is 5.81. The van der Waals surface area contributed by atoms with Crippen LogP contribution >= 0.6 is 0 Å². The van der Waals surface area contributed by atoms with Crippen molar-refractivity contribution < 1.29 is 14.3 Å². The molecule has 0 aromatic rings. The maximum atomic E-state index is 12.1. The van der Waals surface area contributed by atoms with Gasteiger partial charge in [0.15, 0.2) is 0 Å². The molecular formula is C14H24N2O3. The molecule has 2 fully saturated rings. The molecule has 0 aromatic carbocycles. The molecule has 1 unspecified atom stereocenters. The standard InChI is InChI=1S/C14H24N2O3/c1-2-19-13(17)10-15-14(18)16-9-5-8-12(16)11-6-3-4-7-11/h11-12H,2-10H2,1H3,(H,15,18). The van der Waals surface area contributed by atoms with Crippen LogP contribution in [0.2, 0.25) is 0 Å². The summed E-state index contributed by atoms with van der Waals surface area (Å²) in [5, 5.41) is 2.68. The highest BCUT2D eigenvalue weighted by Crippen LogP contribution is 2.35. The van der Waals surface area contributed by atoms with Gasteiger partial charge in [0.05, 0.1) is 6.61 Å². The van der Waals surface area contributed by atoms with E-state index in [9.17, 15) is 9.59 Å². The van der Waals surface area contributed by atoms with Crippen molar-refractivity contribution in [2.75, 3.05) is 19.7 Å². The van der Waals surface area contributed by atoms with Gasteiger partial charge in [0.2, 0.25) is 0 Å².